The SMILES string of the molecule is CCC(C(=O)OC)C(c1cccnc1)N(C)C. The predicted octanol–water partition coefficient (Wildman–Crippen LogP) is 1.88. The number of nitrogens with zero attached hydrogens (tertiary/aromatic N) is 2. The number of ether oxygens (including phenoxy) is 1. The Morgan fingerprint density at radius 1 is 1.53 bits per heavy atom. The maximum absolute atomic E-state index is 11.8. The number of hydrogen-bond acceptors (Lipinski definition) is 4. The molecule has 0 fully saturated rings. The van der Waals surface area contributed by atoms with Crippen LogP contribution in [0.2, 0.25) is 0 Å². The molecule has 0 saturated carbocycles. The number of esters is 1. The van der Waals surface area contributed by atoms with E-state index in [0.29, 0.717) is 0 Å². The summed E-state index contributed by atoms with van der Waals surface area (Å²) in [6.07, 6.45) is 4.27. The zero-order valence-electron chi connectivity index (χ0n) is 10.9. The van der Waals surface area contributed by atoms with Gasteiger partial charge in [-0.2, -0.15) is 0 Å². The van der Waals surface area contributed by atoms with Crippen molar-refractivity contribution < 1.29 is 9.53 Å². The van der Waals surface area contributed by atoms with Gasteiger partial charge >= 0.3 is 5.97 Å². The lowest BCUT2D eigenvalue weighted by Crippen LogP contribution is -2.32. The van der Waals surface area contributed by atoms with Crippen LogP contribution in [0.4, 0.5) is 0 Å². The van der Waals surface area contributed by atoms with Crippen molar-refractivity contribution in [3.63, 3.8) is 0 Å². The molecule has 0 aromatic carbocycles. The van der Waals surface area contributed by atoms with Crippen LogP contribution in [0.1, 0.15) is 24.9 Å². The van der Waals surface area contributed by atoms with Gasteiger partial charge < -0.3 is 9.64 Å². The molecule has 0 bridgehead atoms. The number of carbonyl (C=O) groups excluding carboxylic acids is 1. The van der Waals surface area contributed by atoms with E-state index in [9.17, 15) is 4.79 Å². The molecule has 1 aromatic rings. The molecule has 0 amide bonds. The molecule has 94 valence electrons. The van der Waals surface area contributed by atoms with Gasteiger partial charge in [-0.1, -0.05) is 13.0 Å². The van der Waals surface area contributed by atoms with Crippen molar-refractivity contribution >= 4 is 5.97 Å². The van der Waals surface area contributed by atoms with Gasteiger partial charge in [0, 0.05) is 18.4 Å². The first-order valence-corrected chi connectivity index (χ1v) is 5.76. The van der Waals surface area contributed by atoms with E-state index in [2.05, 4.69) is 4.98 Å². The van der Waals surface area contributed by atoms with Gasteiger partial charge in [0.25, 0.3) is 0 Å². The molecule has 1 rings (SSSR count). The van der Waals surface area contributed by atoms with E-state index >= 15 is 0 Å². The topological polar surface area (TPSA) is 42.4 Å². The van der Waals surface area contributed by atoms with Crippen molar-refractivity contribution in [2.24, 2.45) is 5.92 Å². The van der Waals surface area contributed by atoms with Crippen LogP contribution >= 0.6 is 0 Å². The summed E-state index contributed by atoms with van der Waals surface area (Å²) in [6, 6.07) is 3.88. The van der Waals surface area contributed by atoms with Crippen LogP contribution in [0.3, 0.4) is 0 Å². The zero-order valence-corrected chi connectivity index (χ0v) is 10.9. The lowest BCUT2D eigenvalue weighted by Gasteiger charge is -2.30. The highest BCUT2D eigenvalue weighted by molar-refractivity contribution is 5.73. The fraction of sp³-hybridized carbons (Fsp3) is 0.538. The monoisotopic (exact) mass is 236 g/mol. The molecule has 0 aliphatic carbocycles. The van der Waals surface area contributed by atoms with Crippen LogP contribution in [0.5, 0.6) is 0 Å². The summed E-state index contributed by atoms with van der Waals surface area (Å²) >= 11 is 0. The molecule has 0 spiro atoms. The minimum absolute atomic E-state index is 0.00106. The lowest BCUT2D eigenvalue weighted by atomic mass is 9.91. The standard InChI is InChI=1S/C13H20N2O2/c1-5-11(13(16)17-4)12(15(2)3)10-7-6-8-14-9-10/h6-9,11-12H,5H2,1-4H3. The van der Waals surface area contributed by atoms with E-state index in [-0.39, 0.29) is 17.9 Å². The molecular weight excluding hydrogens is 216 g/mol. The van der Waals surface area contributed by atoms with Crippen molar-refractivity contribution in [2.45, 2.75) is 19.4 Å². The highest BCUT2D eigenvalue weighted by Crippen LogP contribution is 2.29. The smallest absolute Gasteiger partial charge is 0.310 e. The summed E-state index contributed by atoms with van der Waals surface area (Å²) in [7, 11) is 5.35. The van der Waals surface area contributed by atoms with Crippen LogP contribution in [-0.2, 0) is 9.53 Å². The van der Waals surface area contributed by atoms with Crippen molar-refractivity contribution in [3.05, 3.63) is 30.1 Å². The normalized spacial score (nSPS) is 14.4. The largest absolute Gasteiger partial charge is 0.469 e. The first kappa shape index (κ1) is 13.6. The van der Waals surface area contributed by atoms with Crippen LogP contribution in [0, 0.1) is 5.92 Å². The average Bonchev–Trinajstić information content (AvgIpc) is 2.35. The Morgan fingerprint density at radius 2 is 2.24 bits per heavy atom. The van der Waals surface area contributed by atoms with Gasteiger partial charge in [0.1, 0.15) is 0 Å². The molecule has 17 heavy (non-hydrogen) atoms. The lowest BCUT2D eigenvalue weighted by molar-refractivity contribution is -0.148. The molecule has 0 aliphatic rings. The number of aromatic nitrogens is 1. The summed E-state index contributed by atoms with van der Waals surface area (Å²) in [5.74, 6) is -0.339. The van der Waals surface area contributed by atoms with E-state index in [1.807, 2.05) is 38.1 Å². The summed E-state index contributed by atoms with van der Waals surface area (Å²) in [4.78, 5) is 17.9. The minimum atomic E-state index is -0.171. The average molecular weight is 236 g/mol. The Hall–Kier alpha value is -1.42. The highest BCUT2D eigenvalue weighted by atomic mass is 16.5. The van der Waals surface area contributed by atoms with E-state index < -0.39 is 0 Å². The van der Waals surface area contributed by atoms with Gasteiger partial charge in [-0.3, -0.25) is 9.78 Å². The second kappa shape index (κ2) is 6.35. The van der Waals surface area contributed by atoms with E-state index in [4.69, 9.17) is 4.74 Å². The molecule has 1 heterocycles. The third-order valence-electron chi connectivity index (χ3n) is 2.91. The number of pyridine rings is 1. The minimum Gasteiger partial charge on any atom is -0.469 e. The van der Waals surface area contributed by atoms with Gasteiger partial charge in [-0.25, -0.2) is 0 Å². The maximum Gasteiger partial charge on any atom is 0.310 e. The van der Waals surface area contributed by atoms with Gasteiger partial charge in [-0.15, -0.1) is 0 Å². The van der Waals surface area contributed by atoms with Gasteiger partial charge in [0.15, 0.2) is 0 Å². The second-order valence-corrected chi connectivity index (χ2v) is 4.23. The molecule has 0 radical (unpaired) electrons. The number of hydrogen-bond donors (Lipinski definition) is 0. The fourth-order valence-corrected chi connectivity index (χ4v) is 2.11. The third kappa shape index (κ3) is 3.27. The van der Waals surface area contributed by atoms with Crippen LogP contribution in [0.25, 0.3) is 0 Å². The van der Waals surface area contributed by atoms with Gasteiger partial charge in [0.05, 0.1) is 13.0 Å². The third-order valence-corrected chi connectivity index (χ3v) is 2.91. The van der Waals surface area contributed by atoms with Crippen LogP contribution in [0.15, 0.2) is 24.5 Å². The van der Waals surface area contributed by atoms with Gasteiger partial charge in [0.2, 0.25) is 0 Å². The van der Waals surface area contributed by atoms with Crippen molar-refractivity contribution in [2.75, 3.05) is 21.2 Å². The zero-order chi connectivity index (χ0) is 12.8. The van der Waals surface area contributed by atoms with Crippen LogP contribution in [-0.4, -0.2) is 37.1 Å². The fourth-order valence-electron chi connectivity index (χ4n) is 2.11. The first-order chi connectivity index (χ1) is 8.11. The molecule has 0 saturated heterocycles. The van der Waals surface area contributed by atoms with E-state index in [1.165, 1.54) is 7.11 Å². The molecule has 4 nitrogen and oxygen atoms in total. The second-order valence-electron chi connectivity index (χ2n) is 4.23. The highest BCUT2D eigenvalue weighted by Gasteiger charge is 2.30. The van der Waals surface area contributed by atoms with Crippen molar-refractivity contribution in [1.82, 2.24) is 9.88 Å². The van der Waals surface area contributed by atoms with E-state index in [0.717, 1.165) is 12.0 Å². The molecule has 2 atom stereocenters. The van der Waals surface area contributed by atoms with Crippen molar-refractivity contribution in [3.8, 4) is 0 Å². The molecule has 0 aliphatic heterocycles. The first-order valence-electron chi connectivity index (χ1n) is 5.76. The molecular formula is C13H20N2O2. The molecule has 2 unspecified atom stereocenters. The Bertz CT molecular complexity index is 352. The number of carbonyl (C=O) groups is 1. The Kier molecular flexibility index (Phi) is 5.10. The maximum atomic E-state index is 11.8. The Balaban J connectivity index is 3.04. The Morgan fingerprint density at radius 3 is 2.65 bits per heavy atom. The van der Waals surface area contributed by atoms with Gasteiger partial charge in [-0.05, 0) is 32.1 Å². The summed E-state index contributed by atoms with van der Waals surface area (Å²) in [6.45, 7) is 1.99. The molecule has 0 N–H and O–H groups in total. The quantitative estimate of drug-likeness (QED) is 0.732. The van der Waals surface area contributed by atoms with Crippen LogP contribution < -0.4 is 0 Å². The summed E-state index contributed by atoms with van der Waals surface area (Å²) in [5, 5.41) is 0. The summed E-state index contributed by atoms with van der Waals surface area (Å²) < 4.78 is 4.87. The number of rotatable bonds is 5. The van der Waals surface area contributed by atoms with E-state index in [1.54, 1.807) is 12.4 Å². The molecule has 1 aromatic heterocycles. The Labute approximate surface area is 103 Å². The number of methoxy groups -OCH3 is 1. The predicted molar refractivity (Wildman–Crippen MR) is 66.5 cm³/mol. The van der Waals surface area contributed by atoms with Crippen molar-refractivity contribution in [1.29, 1.82) is 0 Å². The summed E-state index contributed by atoms with van der Waals surface area (Å²) in [5.41, 5.74) is 1.04. The molecule has 4 heteroatoms.